The van der Waals surface area contributed by atoms with Crippen molar-refractivity contribution in [2.75, 3.05) is 0 Å². The molecule has 2 aromatic rings. The number of carbonyl (C=O) groups excluding carboxylic acids is 1. The summed E-state index contributed by atoms with van der Waals surface area (Å²) >= 11 is 3.15. The molecule has 0 saturated carbocycles. The second-order valence-corrected chi connectivity index (χ2v) is 4.67. The quantitative estimate of drug-likeness (QED) is 0.943. The summed E-state index contributed by atoms with van der Waals surface area (Å²) in [6.07, 6.45) is 0. The summed E-state index contributed by atoms with van der Waals surface area (Å²) in [4.78, 5) is 11.9. The first kappa shape index (κ1) is 12.8. The molecule has 3 nitrogen and oxygen atoms in total. The topological polar surface area (TPSA) is 42.2 Å². The van der Waals surface area contributed by atoms with Crippen LogP contribution in [0.5, 0.6) is 0 Å². The first-order valence-electron chi connectivity index (χ1n) is 5.35. The lowest BCUT2D eigenvalue weighted by molar-refractivity contribution is 0.0947. The van der Waals surface area contributed by atoms with Crippen LogP contribution in [0.1, 0.15) is 21.9 Å². The van der Waals surface area contributed by atoms with Gasteiger partial charge in [0.15, 0.2) is 0 Å². The highest BCUT2D eigenvalue weighted by Crippen LogP contribution is 2.18. The summed E-state index contributed by atoms with van der Waals surface area (Å²) < 4.78 is 18.6. The van der Waals surface area contributed by atoms with Gasteiger partial charge < -0.3 is 9.73 Å². The van der Waals surface area contributed by atoms with Crippen LogP contribution in [0.3, 0.4) is 0 Å². The Hall–Kier alpha value is -1.62. The molecular weight excluding hydrogens is 301 g/mol. The minimum absolute atomic E-state index is 0.282. The van der Waals surface area contributed by atoms with Gasteiger partial charge in [-0.3, -0.25) is 4.79 Å². The number of amides is 1. The third kappa shape index (κ3) is 2.98. The molecule has 0 unspecified atom stereocenters. The molecule has 5 heteroatoms. The van der Waals surface area contributed by atoms with Crippen molar-refractivity contribution in [1.82, 2.24) is 5.32 Å². The first-order chi connectivity index (χ1) is 8.56. The van der Waals surface area contributed by atoms with Crippen molar-refractivity contribution in [2.24, 2.45) is 0 Å². The summed E-state index contributed by atoms with van der Waals surface area (Å²) in [7, 11) is 0. The fourth-order valence-electron chi connectivity index (χ4n) is 1.52. The molecule has 18 heavy (non-hydrogen) atoms. The van der Waals surface area contributed by atoms with E-state index in [2.05, 4.69) is 21.2 Å². The molecule has 94 valence electrons. The normalized spacial score (nSPS) is 10.4. The van der Waals surface area contributed by atoms with E-state index in [1.54, 1.807) is 6.07 Å². The van der Waals surface area contributed by atoms with E-state index < -0.39 is 0 Å². The Balaban J connectivity index is 2.03. The van der Waals surface area contributed by atoms with E-state index >= 15 is 0 Å². The van der Waals surface area contributed by atoms with Gasteiger partial charge in [0.25, 0.3) is 5.91 Å². The van der Waals surface area contributed by atoms with Gasteiger partial charge in [0, 0.05) is 4.47 Å². The molecule has 0 atom stereocenters. The molecule has 2 rings (SSSR count). The van der Waals surface area contributed by atoms with Crippen LogP contribution in [-0.4, -0.2) is 5.91 Å². The van der Waals surface area contributed by atoms with Gasteiger partial charge in [0.2, 0.25) is 0 Å². The Morgan fingerprint density at radius 1 is 1.39 bits per heavy atom. The van der Waals surface area contributed by atoms with E-state index in [4.69, 9.17) is 4.42 Å². The second kappa shape index (κ2) is 5.35. The van der Waals surface area contributed by atoms with Crippen LogP contribution in [-0.2, 0) is 6.54 Å². The predicted octanol–water partition coefficient (Wildman–Crippen LogP) is 3.42. The Morgan fingerprint density at radius 2 is 2.17 bits per heavy atom. The van der Waals surface area contributed by atoms with Gasteiger partial charge in [-0.25, -0.2) is 4.39 Å². The molecule has 1 aromatic heterocycles. The van der Waals surface area contributed by atoms with Crippen molar-refractivity contribution in [3.8, 4) is 0 Å². The van der Waals surface area contributed by atoms with E-state index in [1.807, 2.05) is 13.0 Å². The highest BCUT2D eigenvalue weighted by Gasteiger charge is 2.11. The van der Waals surface area contributed by atoms with Gasteiger partial charge in [0.05, 0.1) is 12.1 Å². The molecule has 0 aliphatic rings. The van der Waals surface area contributed by atoms with E-state index in [1.165, 1.54) is 18.2 Å². The third-order valence-corrected chi connectivity index (χ3v) is 3.05. The van der Waals surface area contributed by atoms with Gasteiger partial charge in [0.1, 0.15) is 17.3 Å². The molecular formula is C13H11BrFNO2. The summed E-state index contributed by atoms with van der Waals surface area (Å²) in [6, 6.07) is 7.56. The predicted molar refractivity (Wildman–Crippen MR) is 68.7 cm³/mol. The molecule has 1 amide bonds. The maximum absolute atomic E-state index is 12.9. The number of benzene rings is 1. The van der Waals surface area contributed by atoms with Crippen LogP contribution < -0.4 is 5.32 Å². The summed E-state index contributed by atoms with van der Waals surface area (Å²) in [6.45, 7) is 2.14. The fourth-order valence-corrected chi connectivity index (χ4v) is 2.05. The van der Waals surface area contributed by atoms with Gasteiger partial charge in [-0.15, -0.1) is 0 Å². The van der Waals surface area contributed by atoms with Gasteiger partial charge in [-0.1, -0.05) is 0 Å². The second-order valence-electron chi connectivity index (χ2n) is 3.82. The van der Waals surface area contributed by atoms with Crippen molar-refractivity contribution in [2.45, 2.75) is 13.5 Å². The zero-order chi connectivity index (χ0) is 13.1. The minimum Gasteiger partial charge on any atom is -0.465 e. The lowest BCUT2D eigenvalue weighted by Gasteiger charge is -2.05. The van der Waals surface area contributed by atoms with Crippen LogP contribution in [0.4, 0.5) is 4.39 Å². The standard InChI is InChI=1S/C13H11BrFNO2/c1-8-2-4-10(18-8)7-16-13(17)11-5-3-9(15)6-12(11)14/h2-6H,7H2,1H3,(H,16,17). The largest absolute Gasteiger partial charge is 0.465 e. The van der Waals surface area contributed by atoms with Crippen molar-refractivity contribution >= 4 is 21.8 Å². The summed E-state index contributed by atoms with van der Waals surface area (Å²) in [5.41, 5.74) is 0.389. The van der Waals surface area contributed by atoms with Crippen LogP contribution in [0.25, 0.3) is 0 Å². The molecule has 0 aliphatic carbocycles. The number of halogens is 2. The van der Waals surface area contributed by atoms with E-state index in [9.17, 15) is 9.18 Å². The van der Waals surface area contributed by atoms with Crippen LogP contribution in [0, 0.1) is 12.7 Å². The molecule has 0 bridgehead atoms. The number of carbonyl (C=O) groups is 1. The number of rotatable bonds is 3. The Labute approximate surface area is 112 Å². The average molecular weight is 312 g/mol. The lowest BCUT2D eigenvalue weighted by Crippen LogP contribution is -2.22. The third-order valence-electron chi connectivity index (χ3n) is 2.39. The molecule has 0 radical (unpaired) electrons. The molecule has 0 fully saturated rings. The number of hydrogen-bond acceptors (Lipinski definition) is 2. The first-order valence-corrected chi connectivity index (χ1v) is 6.14. The smallest absolute Gasteiger partial charge is 0.252 e. The van der Waals surface area contributed by atoms with E-state index in [0.717, 1.165) is 5.76 Å². The maximum Gasteiger partial charge on any atom is 0.252 e. The molecule has 1 heterocycles. The van der Waals surface area contributed by atoms with E-state index in [-0.39, 0.29) is 11.7 Å². The zero-order valence-electron chi connectivity index (χ0n) is 9.67. The van der Waals surface area contributed by atoms with E-state index in [0.29, 0.717) is 22.3 Å². The van der Waals surface area contributed by atoms with Crippen LogP contribution in [0.15, 0.2) is 39.2 Å². The number of hydrogen-bond donors (Lipinski definition) is 1. The molecule has 0 spiro atoms. The number of nitrogens with one attached hydrogen (secondary N) is 1. The summed E-state index contributed by atoms with van der Waals surface area (Å²) in [5, 5.41) is 2.70. The van der Waals surface area contributed by atoms with Crippen molar-refractivity contribution < 1.29 is 13.6 Å². The van der Waals surface area contributed by atoms with Gasteiger partial charge in [-0.2, -0.15) is 0 Å². The highest BCUT2D eigenvalue weighted by molar-refractivity contribution is 9.10. The number of aryl methyl sites for hydroxylation is 1. The molecule has 0 aliphatic heterocycles. The minimum atomic E-state index is -0.389. The molecule has 1 N–H and O–H groups in total. The van der Waals surface area contributed by atoms with Crippen molar-refractivity contribution in [3.63, 3.8) is 0 Å². The average Bonchev–Trinajstić information content (AvgIpc) is 2.72. The highest BCUT2D eigenvalue weighted by atomic mass is 79.9. The number of furan rings is 1. The molecule has 0 saturated heterocycles. The monoisotopic (exact) mass is 311 g/mol. The lowest BCUT2D eigenvalue weighted by atomic mass is 10.2. The fraction of sp³-hybridized carbons (Fsp3) is 0.154. The summed E-state index contributed by atoms with van der Waals surface area (Å²) in [5.74, 6) is 0.803. The Kier molecular flexibility index (Phi) is 3.81. The maximum atomic E-state index is 12.9. The molecule has 1 aromatic carbocycles. The Morgan fingerprint density at radius 3 is 2.78 bits per heavy atom. The van der Waals surface area contributed by atoms with Gasteiger partial charge >= 0.3 is 0 Å². The van der Waals surface area contributed by atoms with Gasteiger partial charge in [-0.05, 0) is 53.2 Å². The van der Waals surface area contributed by atoms with Crippen LogP contribution in [0.2, 0.25) is 0 Å². The van der Waals surface area contributed by atoms with Crippen molar-refractivity contribution in [3.05, 3.63) is 57.7 Å². The van der Waals surface area contributed by atoms with Crippen LogP contribution >= 0.6 is 15.9 Å². The zero-order valence-corrected chi connectivity index (χ0v) is 11.3. The SMILES string of the molecule is Cc1ccc(CNC(=O)c2ccc(F)cc2Br)o1. The van der Waals surface area contributed by atoms with Crippen molar-refractivity contribution in [1.29, 1.82) is 0 Å². The Bertz CT molecular complexity index is 580.